The fourth-order valence-corrected chi connectivity index (χ4v) is 1.97. The van der Waals surface area contributed by atoms with E-state index in [4.69, 9.17) is 0 Å². The third kappa shape index (κ3) is 3.39. The summed E-state index contributed by atoms with van der Waals surface area (Å²) >= 11 is 1.63. The van der Waals surface area contributed by atoms with Crippen molar-refractivity contribution in [2.75, 3.05) is 17.2 Å². The van der Waals surface area contributed by atoms with Crippen molar-refractivity contribution in [3.05, 3.63) is 28.5 Å². The van der Waals surface area contributed by atoms with Crippen molar-refractivity contribution in [3.63, 3.8) is 0 Å². The number of hydrogen-bond donors (Lipinski definition) is 2. The summed E-state index contributed by atoms with van der Waals surface area (Å²) in [5, 5.41) is 6.45. The number of nitrogens with one attached hydrogen (secondary N) is 2. The van der Waals surface area contributed by atoms with Crippen molar-refractivity contribution in [3.8, 4) is 0 Å². The molecule has 17 heavy (non-hydrogen) atoms. The Morgan fingerprint density at radius 1 is 1.24 bits per heavy atom. The molecule has 2 aromatic heterocycles. The number of hydrogen-bond acceptors (Lipinski definition) is 6. The molecule has 0 saturated heterocycles. The molecule has 90 valence electrons. The number of rotatable bonds is 5. The molecule has 2 rings (SSSR count). The van der Waals surface area contributed by atoms with Crippen LogP contribution in [0.3, 0.4) is 0 Å². The normalized spacial score (nSPS) is 10.2. The highest BCUT2D eigenvalue weighted by Crippen LogP contribution is 2.13. The second-order valence-electron chi connectivity index (χ2n) is 3.54. The zero-order valence-electron chi connectivity index (χ0n) is 9.90. The van der Waals surface area contributed by atoms with E-state index in [9.17, 15) is 0 Å². The third-order valence-electron chi connectivity index (χ3n) is 2.12. The minimum absolute atomic E-state index is 0.743. The molecule has 0 radical (unpaired) electrons. The van der Waals surface area contributed by atoms with Crippen LogP contribution in [-0.4, -0.2) is 21.5 Å². The highest BCUT2D eigenvalue weighted by Gasteiger charge is 2.01. The first kappa shape index (κ1) is 11.8. The Hall–Kier alpha value is -1.69. The van der Waals surface area contributed by atoms with Gasteiger partial charge in [-0.25, -0.2) is 9.97 Å². The Bertz CT molecular complexity index is 469. The molecule has 6 heteroatoms. The summed E-state index contributed by atoms with van der Waals surface area (Å²) in [5.74, 6) is 2.45. The van der Waals surface area contributed by atoms with Crippen LogP contribution in [0.2, 0.25) is 0 Å². The van der Waals surface area contributed by atoms with Crippen molar-refractivity contribution < 1.29 is 0 Å². The van der Waals surface area contributed by atoms with Gasteiger partial charge in [-0.2, -0.15) is 0 Å². The predicted molar refractivity (Wildman–Crippen MR) is 70.4 cm³/mol. The number of anilines is 2. The minimum atomic E-state index is 0.743. The van der Waals surface area contributed by atoms with Gasteiger partial charge in [0.05, 0.1) is 12.1 Å². The van der Waals surface area contributed by atoms with Gasteiger partial charge in [0, 0.05) is 23.7 Å². The van der Waals surface area contributed by atoms with Crippen LogP contribution in [0.15, 0.2) is 17.8 Å². The molecule has 2 heterocycles. The predicted octanol–water partition coefficient (Wildman–Crippen LogP) is 2.29. The van der Waals surface area contributed by atoms with Crippen molar-refractivity contribution in [2.24, 2.45) is 0 Å². The maximum absolute atomic E-state index is 4.34. The lowest BCUT2D eigenvalue weighted by Crippen LogP contribution is -2.06. The minimum Gasteiger partial charge on any atom is -0.370 e. The molecule has 0 spiro atoms. The summed E-state index contributed by atoms with van der Waals surface area (Å²) in [7, 11) is 0. The highest BCUT2D eigenvalue weighted by molar-refractivity contribution is 7.09. The maximum atomic E-state index is 4.34. The van der Waals surface area contributed by atoms with E-state index in [2.05, 4.69) is 25.6 Å². The standard InChI is InChI=1S/C11H15N5S/c1-3-13-10-4-11(16-8(2)15-10)14-6-9-5-12-7-17-9/h4-5,7H,3,6H2,1-2H3,(H2,13,14,15,16). The van der Waals surface area contributed by atoms with Crippen molar-refractivity contribution in [1.29, 1.82) is 0 Å². The molecule has 0 saturated carbocycles. The van der Waals surface area contributed by atoms with E-state index in [0.29, 0.717) is 0 Å². The molecule has 0 atom stereocenters. The zero-order chi connectivity index (χ0) is 12.1. The average Bonchev–Trinajstić information content (AvgIpc) is 2.79. The number of thiazole rings is 1. The van der Waals surface area contributed by atoms with Crippen molar-refractivity contribution >= 4 is 23.0 Å². The molecular weight excluding hydrogens is 234 g/mol. The molecule has 0 amide bonds. The molecule has 0 bridgehead atoms. The van der Waals surface area contributed by atoms with Gasteiger partial charge in [0.15, 0.2) is 0 Å². The van der Waals surface area contributed by atoms with Crippen LogP contribution in [0.4, 0.5) is 11.6 Å². The van der Waals surface area contributed by atoms with Crippen LogP contribution in [0.5, 0.6) is 0 Å². The van der Waals surface area contributed by atoms with Gasteiger partial charge in [-0.15, -0.1) is 11.3 Å². The average molecular weight is 249 g/mol. The van der Waals surface area contributed by atoms with Crippen LogP contribution in [0.25, 0.3) is 0 Å². The van der Waals surface area contributed by atoms with E-state index >= 15 is 0 Å². The maximum Gasteiger partial charge on any atom is 0.132 e. The Morgan fingerprint density at radius 3 is 2.65 bits per heavy atom. The molecule has 5 nitrogen and oxygen atoms in total. The second-order valence-corrected chi connectivity index (χ2v) is 4.51. The lowest BCUT2D eigenvalue weighted by Gasteiger charge is -2.08. The van der Waals surface area contributed by atoms with Crippen LogP contribution >= 0.6 is 11.3 Å². The van der Waals surface area contributed by atoms with Gasteiger partial charge in [0.1, 0.15) is 17.5 Å². The monoisotopic (exact) mass is 249 g/mol. The Balaban J connectivity index is 2.04. The van der Waals surface area contributed by atoms with Gasteiger partial charge < -0.3 is 10.6 Å². The summed E-state index contributed by atoms with van der Waals surface area (Å²) in [5.41, 5.74) is 1.83. The van der Waals surface area contributed by atoms with E-state index in [1.54, 1.807) is 11.3 Å². The Kier molecular flexibility index (Phi) is 3.87. The van der Waals surface area contributed by atoms with Crippen LogP contribution in [-0.2, 0) is 6.54 Å². The number of aromatic nitrogens is 3. The molecule has 2 N–H and O–H groups in total. The molecular formula is C11H15N5S. The van der Waals surface area contributed by atoms with E-state index < -0.39 is 0 Å². The molecule has 0 unspecified atom stereocenters. The smallest absolute Gasteiger partial charge is 0.132 e. The molecule has 0 fully saturated rings. The Morgan fingerprint density at radius 2 is 2.00 bits per heavy atom. The second kappa shape index (κ2) is 5.58. The molecule has 2 aromatic rings. The van der Waals surface area contributed by atoms with Crippen molar-refractivity contribution in [2.45, 2.75) is 20.4 Å². The van der Waals surface area contributed by atoms with E-state index in [-0.39, 0.29) is 0 Å². The summed E-state index contributed by atoms with van der Waals surface area (Å²) in [6.45, 7) is 5.53. The van der Waals surface area contributed by atoms with Crippen molar-refractivity contribution in [1.82, 2.24) is 15.0 Å². The first-order chi connectivity index (χ1) is 8.28. The van der Waals surface area contributed by atoms with Crippen LogP contribution < -0.4 is 10.6 Å². The van der Waals surface area contributed by atoms with Gasteiger partial charge >= 0.3 is 0 Å². The molecule has 0 aliphatic rings. The van der Waals surface area contributed by atoms with Crippen LogP contribution in [0.1, 0.15) is 17.6 Å². The van der Waals surface area contributed by atoms with Gasteiger partial charge in [-0.05, 0) is 13.8 Å². The number of aryl methyl sites for hydroxylation is 1. The molecule has 0 aliphatic carbocycles. The first-order valence-electron chi connectivity index (χ1n) is 5.48. The SMILES string of the molecule is CCNc1cc(NCc2cncs2)nc(C)n1. The van der Waals surface area contributed by atoms with Gasteiger partial charge in [-0.1, -0.05) is 0 Å². The summed E-state index contributed by atoms with van der Waals surface area (Å²) in [6, 6.07) is 1.91. The van der Waals surface area contributed by atoms with E-state index in [1.807, 2.05) is 31.6 Å². The lowest BCUT2D eigenvalue weighted by atomic mass is 10.4. The fourth-order valence-electron chi connectivity index (χ4n) is 1.44. The van der Waals surface area contributed by atoms with Gasteiger partial charge in [-0.3, -0.25) is 4.98 Å². The van der Waals surface area contributed by atoms with E-state index in [1.165, 1.54) is 4.88 Å². The van der Waals surface area contributed by atoms with E-state index in [0.717, 1.165) is 30.5 Å². The molecule has 0 aromatic carbocycles. The fraction of sp³-hybridized carbons (Fsp3) is 0.364. The first-order valence-corrected chi connectivity index (χ1v) is 6.36. The summed E-state index contributed by atoms with van der Waals surface area (Å²) in [4.78, 5) is 13.9. The van der Waals surface area contributed by atoms with Gasteiger partial charge in [0.25, 0.3) is 0 Å². The quantitative estimate of drug-likeness (QED) is 0.851. The van der Waals surface area contributed by atoms with Gasteiger partial charge in [0.2, 0.25) is 0 Å². The lowest BCUT2D eigenvalue weighted by molar-refractivity contribution is 1.02. The highest BCUT2D eigenvalue weighted by atomic mass is 32.1. The summed E-state index contributed by atoms with van der Waals surface area (Å²) in [6.07, 6.45) is 1.86. The Labute approximate surface area is 104 Å². The zero-order valence-corrected chi connectivity index (χ0v) is 10.7. The summed E-state index contributed by atoms with van der Waals surface area (Å²) < 4.78 is 0. The third-order valence-corrected chi connectivity index (χ3v) is 2.90. The molecule has 0 aliphatic heterocycles. The topological polar surface area (TPSA) is 62.7 Å². The van der Waals surface area contributed by atoms with Crippen LogP contribution in [0, 0.1) is 6.92 Å². The largest absolute Gasteiger partial charge is 0.370 e. The number of nitrogens with zero attached hydrogens (tertiary/aromatic N) is 3.